The fourth-order valence-corrected chi connectivity index (χ4v) is 5.01. The Balaban J connectivity index is 1.27. The van der Waals surface area contributed by atoms with Gasteiger partial charge in [0, 0.05) is 57.4 Å². The second-order valence-corrected chi connectivity index (χ2v) is 8.52. The van der Waals surface area contributed by atoms with E-state index in [1.807, 2.05) is 11.1 Å². The summed E-state index contributed by atoms with van der Waals surface area (Å²) in [5, 5.41) is 2.05. The fourth-order valence-electron chi connectivity index (χ4n) is 3.66. The van der Waals surface area contributed by atoms with Crippen LogP contribution in [-0.4, -0.2) is 75.8 Å². The summed E-state index contributed by atoms with van der Waals surface area (Å²) in [6, 6.07) is 0. The lowest BCUT2D eigenvalue weighted by Crippen LogP contribution is -2.50. The van der Waals surface area contributed by atoms with Gasteiger partial charge in [-0.3, -0.25) is 19.0 Å². The lowest BCUT2D eigenvalue weighted by atomic mass is 10.1. The van der Waals surface area contributed by atoms with Crippen LogP contribution in [0.4, 0.5) is 0 Å². The molecule has 1 amide bonds. The van der Waals surface area contributed by atoms with Crippen molar-refractivity contribution in [2.45, 2.75) is 25.8 Å². The number of hydrogen-bond acceptors (Lipinski definition) is 5. The average Bonchev–Trinajstić information content (AvgIpc) is 3.21. The number of aromatic nitrogens is 2. The molecule has 0 aliphatic carbocycles. The molecule has 0 spiro atoms. The van der Waals surface area contributed by atoms with Crippen molar-refractivity contribution in [3.8, 4) is 0 Å². The van der Waals surface area contributed by atoms with Gasteiger partial charge in [0.05, 0.1) is 12.2 Å². The van der Waals surface area contributed by atoms with Gasteiger partial charge in [0.25, 0.3) is 0 Å². The van der Waals surface area contributed by atoms with E-state index in [0.29, 0.717) is 12.5 Å². The minimum absolute atomic E-state index is 0.310. The number of likely N-dealkylation sites (tertiary alicyclic amines) is 1. The maximum Gasteiger partial charge on any atom is 0.236 e. The van der Waals surface area contributed by atoms with Crippen LogP contribution in [0.5, 0.6) is 0 Å². The molecule has 0 atom stereocenters. The lowest BCUT2D eigenvalue weighted by molar-refractivity contribution is -0.133. The molecule has 2 aromatic heterocycles. The smallest absolute Gasteiger partial charge is 0.236 e. The SMILES string of the molecule is O=C(CN1CCN(Cc2nc3sccn3c2Br)CC1)N1CCCCC1. The summed E-state index contributed by atoms with van der Waals surface area (Å²) in [5.41, 5.74) is 1.10. The van der Waals surface area contributed by atoms with Crippen molar-refractivity contribution >= 4 is 38.1 Å². The van der Waals surface area contributed by atoms with E-state index < -0.39 is 0 Å². The molecule has 8 heteroatoms. The first-order chi connectivity index (χ1) is 12.2. The number of piperidine rings is 1. The van der Waals surface area contributed by atoms with Crippen LogP contribution < -0.4 is 0 Å². The van der Waals surface area contributed by atoms with Crippen LogP contribution in [0.25, 0.3) is 4.96 Å². The maximum absolute atomic E-state index is 12.4. The van der Waals surface area contributed by atoms with Gasteiger partial charge in [0.15, 0.2) is 4.96 Å². The molecule has 25 heavy (non-hydrogen) atoms. The highest BCUT2D eigenvalue weighted by Gasteiger charge is 2.23. The summed E-state index contributed by atoms with van der Waals surface area (Å²) in [7, 11) is 0. The largest absolute Gasteiger partial charge is 0.342 e. The Morgan fingerprint density at radius 1 is 1.08 bits per heavy atom. The highest BCUT2D eigenvalue weighted by molar-refractivity contribution is 9.10. The first kappa shape index (κ1) is 17.5. The van der Waals surface area contributed by atoms with Crippen molar-refractivity contribution in [1.82, 2.24) is 24.1 Å². The zero-order valence-corrected chi connectivity index (χ0v) is 16.8. The van der Waals surface area contributed by atoms with Gasteiger partial charge in [-0.1, -0.05) is 0 Å². The standard InChI is InChI=1S/C17H24BrN5OS/c18-16-14(19-17-23(16)10-11-25-17)12-20-6-8-21(9-7-20)13-15(24)22-4-2-1-3-5-22/h10-11H,1-9,12-13H2. The van der Waals surface area contributed by atoms with Crippen molar-refractivity contribution in [2.24, 2.45) is 0 Å². The molecule has 4 heterocycles. The molecule has 6 nitrogen and oxygen atoms in total. The Hall–Kier alpha value is -0.960. The number of fused-ring (bicyclic) bond motifs is 1. The van der Waals surface area contributed by atoms with Crippen LogP contribution in [0.2, 0.25) is 0 Å². The highest BCUT2D eigenvalue weighted by atomic mass is 79.9. The van der Waals surface area contributed by atoms with Gasteiger partial charge in [0.2, 0.25) is 5.91 Å². The number of piperazine rings is 1. The Labute approximate surface area is 160 Å². The molecular weight excluding hydrogens is 402 g/mol. The van der Waals surface area contributed by atoms with Gasteiger partial charge in [-0.2, -0.15) is 0 Å². The summed E-state index contributed by atoms with van der Waals surface area (Å²) >= 11 is 5.32. The summed E-state index contributed by atoms with van der Waals surface area (Å²) in [4.78, 5) is 24.9. The van der Waals surface area contributed by atoms with Gasteiger partial charge < -0.3 is 4.90 Å². The third-order valence-corrected chi connectivity index (χ3v) is 6.77. The maximum atomic E-state index is 12.4. The molecule has 2 saturated heterocycles. The molecule has 4 rings (SSSR count). The number of carbonyl (C=O) groups excluding carboxylic acids is 1. The predicted molar refractivity (Wildman–Crippen MR) is 103 cm³/mol. The van der Waals surface area contributed by atoms with E-state index in [-0.39, 0.29) is 0 Å². The molecule has 2 aliphatic rings. The molecule has 0 saturated carbocycles. The minimum Gasteiger partial charge on any atom is -0.342 e. The van der Waals surface area contributed by atoms with Crippen LogP contribution >= 0.6 is 27.3 Å². The van der Waals surface area contributed by atoms with E-state index in [4.69, 9.17) is 4.98 Å². The van der Waals surface area contributed by atoms with Crippen LogP contribution in [0.15, 0.2) is 16.2 Å². The lowest BCUT2D eigenvalue weighted by Gasteiger charge is -2.35. The van der Waals surface area contributed by atoms with Gasteiger partial charge in [-0.25, -0.2) is 4.98 Å². The van der Waals surface area contributed by atoms with Crippen molar-refractivity contribution in [3.05, 3.63) is 21.9 Å². The third kappa shape index (κ3) is 3.92. The minimum atomic E-state index is 0.310. The van der Waals surface area contributed by atoms with Gasteiger partial charge in [-0.05, 0) is 35.2 Å². The molecule has 2 fully saturated rings. The summed E-state index contributed by atoms with van der Waals surface area (Å²) < 4.78 is 3.15. The Kier molecular flexibility index (Phi) is 5.40. The number of carbonyl (C=O) groups is 1. The number of rotatable bonds is 4. The number of thiazole rings is 1. The Morgan fingerprint density at radius 3 is 2.52 bits per heavy atom. The Bertz CT molecular complexity index is 731. The zero-order chi connectivity index (χ0) is 17.2. The van der Waals surface area contributed by atoms with Gasteiger partial charge >= 0.3 is 0 Å². The van der Waals surface area contributed by atoms with Crippen LogP contribution in [0.1, 0.15) is 25.0 Å². The number of imidazole rings is 1. The molecule has 0 aromatic carbocycles. The van der Waals surface area contributed by atoms with E-state index in [0.717, 1.165) is 73.9 Å². The molecule has 0 unspecified atom stereocenters. The molecule has 2 aromatic rings. The van der Waals surface area contributed by atoms with Crippen molar-refractivity contribution in [1.29, 1.82) is 0 Å². The summed E-state index contributed by atoms with van der Waals surface area (Å²) in [6.45, 7) is 7.24. The van der Waals surface area contributed by atoms with Crippen LogP contribution in [0.3, 0.4) is 0 Å². The molecule has 0 radical (unpaired) electrons. The number of hydrogen-bond donors (Lipinski definition) is 0. The van der Waals surface area contributed by atoms with E-state index in [1.165, 1.54) is 6.42 Å². The Morgan fingerprint density at radius 2 is 1.80 bits per heavy atom. The summed E-state index contributed by atoms with van der Waals surface area (Å²) in [6.07, 6.45) is 5.64. The van der Waals surface area contributed by atoms with Crippen molar-refractivity contribution < 1.29 is 4.79 Å². The second-order valence-electron chi connectivity index (χ2n) is 6.90. The predicted octanol–water partition coefficient (Wildman–Crippen LogP) is 2.29. The molecule has 0 bridgehead atoms. The molecule has 136 valence electrons. The molecule has 0 N–H and O–H groups in total. The van der Waals surface area contributed by atoms with Gasteiger partial charge in [0.1, 0.15) is 4.60 Å². The fraction of sp³-hybridized carbons (Fsp3) is 0.647. The number of nitrogens with zero attached hydrogens (tertiary/aromatic N) is 5. The monoisotopic (exact) mass is 425 g/mol. The van der Waals surface area contributed by atoms with E-state index in [9.17, 15) is 4.79 Å². The zero-order valence-electron chi connectivity index (χ0n) is 14.4. The van der Waals surface area contributed by atoms with Crippen LogP contribution in [-0.2, 0) is 11.3 Å². The quantitative estimate of drug-likeness (QED) is 0.753. The highest BCUT2D eigenvalue weighted by Crippen LogP contribution is 2.23. The first-order valence-electron chi connectivity index (χ1n) is 9.03. The molecule has 2 aliphatic heterocycles. The topological polar surface area (TPSA) is 44.1 Å². The number of amides is 1. The van der Waals surface area contributed by atoms with E-state index in [2.05, 4.69) is 35.5 Å². The molecular formula is C17H24BrN5OS. The van der Waals surface area contributed by atoms with Crippen LogP contribution in [0, 0.1) is 0 Å². The van der Waals surface area contributed by atoms with Gasteiger partial charge in [-0.15, -0.1) is 11.3 Å². The van der Waals surface area contributed by atoms with E-state index >= 15 is 0 Å². The first-order valence-corrected chi connectivity index (χ1v) is 10.7. The van der Waals surface area contributed by atoms with Crippen molar-refractivity contribution in [2.75, 3.05) is 45.8 Å². The van der Waals surface area contributed by atoms with E-state index in [1.54, 1.807) is 11.3 Å². The van der Waals surface area contributed by atoms with Crippen molar-refractivity contribution in [3.63, 3.8) is 0 Å². The number of halogens is 1. The third-order valence-electron chi connectivity index (χ3n) is 5.18. The average molecular weight is 426 g/mol. The second kappa shape index (κ2) is 7.73. The normalized spacial score (nSPS) is 20.4. The summed E-state index contributed by atoms with van der Waals surface area (Å²) in [5.74, 6) is 0.310.